The zero-order valence-electron chi connectivity index (χ0n) is 12.2. The first-order valence-electron chi connectivity index (χ1n) is 7.19. The van der Waals surface area contributed by atoms with E-state index in [0.29, 0.717) is 12.8 Å². The minimum absolute atomic E-state index is 0.172. The Labute approximate surface area is 130 Å². The monoisotopic (exact) mass is 330 g/mol. The molecule has 23 heavy (non-hydrogen) atoms. The van der Waals surface area contributed by atoms with Crippen molar-refractivity contribution in [2.75, 3.05) is 17.2 Å². The summed E-state index contributed by atoms with van der Waals surface area (Å²) in [6.07, 6.45) is -3.22. The number of carboxylic acids is 1. The zero-order chi connectivity index (χ0) is 17.0. The van der Waals surface area contributed by atoms with Gasteiger partial charge in [-0.05, 0) is 31.4 Å². The van der Waals surface area contributed by atoms with Gasteiger partial charge in [0.05, 0.1) is 17.3 Å². The van der Waals surface area contributed by atoms with Crippen molar-refractivity contribution in [1.82, 2.24) is 0 Å². The van der Waals surface area contributed by atoms with Gasteiger partial charge in [0, 0.05) is 5.92 Å². The number of carboxylic acid groups (broad SMARTS) is 1. The van der Waals surface area contributed by atoms with E-state index in [4.69, 9.17) is 5.11 Å². The molecule has 1 fully saturated rings. The number of carbonyl (C=O) groups excluding carboxylic acids is 1. The third kappa shape index (κ3) is 4.87. The summed E-state index contributed by atoms with van der Waals surface area (Å²) in [7, 11) is 0. The number of benzene rings is 1. The third-order valence-electron chi connectivity index (χ3n) is 3.82. The van der Waals surface area contributed by atoms with Crippen LogP contribution < -0.4 is 10.6 Å². The van der Waals surface area contributed by atoms with Gasteiger partial charge in [-0.2, -0.15) is 13.2 Å². The molecule has 0 saturated heterocycles. The van der Waals surface area contributed by atoms with Crippen LogP contribution >= 0.6 is 0 Å². The summed E-state index contributed by atoms with van der Waals surface area (Å²) in [6, 6.07) is 6.10. The van der Waals surface area contributed by atoms with E-state index < -0.39 is 30.5 Å². The summed E-state index contributed by atoms with van der Waals surface area (Å²) in [6.45, 7) is -1.20. The topological polar surface area (TPSA) is 78.4 Å². The second-order valence-corrected chi connectivity index (χ2v) is 5.55. The van der Waals surface area contributed by atoms with Crippen LogP contribution in [0, 0.1) is 11.8 Å². The van der Waals surface area contributed by atoms with E-state index in [2.05, 4.69) is 10.6 Å². The van der Waals surface area contributed by atoms with Crippen molar-refractivity contribution in [3.63, 3.8) is 0 Å². The summed E-state index contributed by atoms with van der Waals surface area (Å²) in [5.74, 6) is -2.27. The highest BCUT2D eigenvalue weighted by Crippen LogP contribution is 2.33. The summed E-state index contributed by atoms with van der Waals surface area (Å²) in [5, 5.41) is 13.8. The van der Waals surface area contributed by atoms with E-state index in [9.17, 15) is 22.8 Å². The predicted octanol–water partition coefficient (Wildman–Crippen LogP) is 3.10. The molecule has 0 aromatic heterocycles. The molecular weight excluding hydrogens is 313 g/mol. The maximum absolute atomic E-state index is 12.3. The third-order valence-corrected chi connectivity index (χ3v) is 3.82. The normalized spacial score (nSPS) is 21.0. The molecule has 5 nitrogen and oxygen atoms in total. The molecule has 0 radical (unpaired) electrons. The van der Waals surface area contributed by atoms with Gasteiger partial charge < -0.3 is 15.7 Å². The lowest BCUT2D eigenvalue weighted by Crippen LogP contribution is -2.24. The molecule has 1 aliphatic rings. The Balaban J connectivity index is 2.00. The number of carbonyl (C=O) groups is 2. The van der Waals surface area contributed by atoms with Gasteiger partial charge in [-0.25, -0.2) is 0 Å². The van der Waals surface area contributed by atoms with E-state index in [-0.39, 0.29) is 23.7 Å². The number of anilines is 2. The highest BCUT2D eigenvalue weighted by molar-refractivity contribution is 5.96. The highest BCUT2D eigenvalue weighted by Gasteiger charge is 2.34. The molecule has 1 aromatic carbocycles. The van der Waals surface area contributed by atoms with Crippen LogP contribution in [0.1, 0.15) is 19.3 Å². The predicted molar refractivity (Wildman–Crippen MR) is 78.1 cm³/mol. The minimum atomic E-state index is -4.36. The first-order valence-corrected chi connectivity index (χ1v) is 7.19. The fraction of sp³-hybridized carbons (Fsp3) is 0.467. The van der Waals surface area contributed by atoms with E-state index in [0.717, 1.165) is 0 Å². The number of alkyl halides is 3. The van der Waals surface area contributed by atoms with Crippen LogP contribution in [0.2, 0.25) is 0 Å². The Morgan fingerprint density at radius 2 is 1.74 bits per heavy atom. The highest BCUT2D eigenvalue weighted by atomic mass is 19.4. The van der Waals surface area contributed by atoms with Gasteiger partial charge in [-0.3, -0.25) is 9.59 Å². The number of amides is 1. The number of aliphatic carboxylic acids is 1. The minimum Gasteiger partial charge on any atom is -0.481 e. The average Bonchev–Trinajstić information content (AvgIpc) is 2.95. The summed E-state index contributed by atoms with van der Waals surface area (Å²) < 4.78 is 36.9. The molecule has 1 aliphatic carbocycles. The van der Waals surface area contributed by atoms with Crippen LogP contribution in [0.15, 0.2) is 24.3 Å². The van der Waals surface area contributed by atoms with Crippen LogP contribution in [0.25, 0.3) is 0 Å². The number of hydrogen-bond donors (Lipinski definition) is 3. The lowest BCUT2D eigenvalue weighted by Gasteiger charge is -2.16. The molecule has 0 unspecified atom stereocenters. The smallest absolute Gasteiger partial charge is 0.405 e. The van der Waals surface area contributed by atoms with Gasteiger partial charge in [0.1, 0.15) is 6.54 Å². The van der Waals surface area contributed by atoms with E-state index in [1.807, 2.05) is 0 Å². The van der Waals surface area contributed by atoms with Crippen molar-refractivity contribution >= 4 is 23.3 Å². The van der Waals surface area contributed by atoms with Gasteiger partial charge >= 0.3 is 12.1 Å². The molecule has 0 bridgehead atoms. The average molecular weight is 330 g/mol. The van der Waals surface area contributed by atoms with E-state index >= 15 is 0 Å². The first kappa shape index (κ1) is 17.1. The number of halogens is 3. The van der Waals surface area contributed by atoms with Gasteiger partial charge in [-0.15, -0.1) is 0 Å². The second-order valence-electron chi connectivity index (χ2n) is 5.55. The molecule has 0 spiro atoms. The lowest BCUT2D eigenvalue weighted by molar-refractivity contribution is -0.141. The molecule has 2 atom stereocenters. The molecular formula is C15H17F3N2O3. The van der Waals surface area contributed by atoms with Gasteiger partial charge in [0.25, 0.3) is 0 Å². The van der Waals surface area contributed by atoms with Crippen LogP contribution in [0.5, 0.6) is 0 Å². The molecule has 1 saturated carbocycles. The molecule has 0 aliphatic heterocycles. The molecule has 1 amide bonds. The van der Waals surface area contributed by atoms with Crippen LogP contribution in [0.4, 0.5) is 24.5 Å². The maximum Gasteiger partial charge on any atom is 0.405 e. The van der Waals surface area contributed by atoms with E-state index in [1.54, 1.807) is 12.1 Å². The lowest BCUT2D eigenvalue weighted by atomic mass is 10.0. The van der Waals surface area contributed by atoms with Crippen LogP contribution in [0.3, 0.4) is 0 Å². The zero-order valence-corrected chi connectivity index (χ0v) is 12.2. The molecule has 126 valence electrons. The summed E-state index contributed by atoms with van der Waals surface area (Å²) in [4.78, 5) is 23.1. The maximum atomic E-state index is 12.3. The van der Waals surface area contributed by atoms with Gasteiger partial charge in [0.2, 0.25) is 5.91 Å². The van der Waals surface area contributed by atoms with Gasteiger partial charge in [0.15, 0.2) is 0 Å². The summed E-state index contributed by atoms with van der Waals surface area (Å²) in [5.41, 5.74) is 0.423. The molecule has 8 heteroatoms. The molecule has 2 rings (SSSR count). The molecule has 3 N–H and O–H groups in total. The van der Waals surface area contributed by atoms with Gasteiger partial charge in [-0.1, -0.05) is 12.1 Å². The van der Waals surface area contributed by atoms with Crippen molar-refractivity contribution < 1.29 is 27.9 Å². The first-order chi connectivity index (χ1) is 10.8. The largest absolute Gasteiger partial charge is 0.481 e. The van der Waals surface area contributed by atoms with Crippen molar-refractivity contribution in [3.8, 4) is 0 Å². The van der Waals surface area contributed by atoms with Crippen LogP contribution in [-0.2, 0) is 9.59 Å². The van der Waals surface area contributed by atoms with Crippen molar-refractivity contribution in [2.24, 2.45) is 11.8 Å². The Morgan fingerprint density at radius 1 is 1.13 bits per heavy atom. The number of rotatable bonds is 5. The fourth-order valence-corrected chi connectivity index (χ4v) is 2.62. The second kappa shape index (κ2) is 6.89. The van der Waals surface area contributed by atoms with Crippen molar-refractivity contribution in [2.45, 2.75) is 25.4 Å². The molecule has 1 aromatic rings. The molecule has 0 heterocycles. The Kier molecular flexibility index (Phi) is 5.12. The number of nitrogens with one attached hydrogen (secondary N) is 2. The fourth-order valence-electron chi connectivity index (χ4n) is 2.62. The number of hydrogen-bond acceptors (Lipinski definition) is 3. The SMILES string of the molecule is O=C(O)[C@@H]1CC[C@H](C(=O)Nc2ccccc2NCC(F)(F)F)C1. The van der Waals surface area contributed by atoms with Crippen LogP contribution in [-0.4, -0.2) is 29.7 Å². The Hall–Kier alpha value is -2.25. The van der Waals surface area contributed by atoms with Crippen molar-refractivity contribution in [3.05, 3.63) is 24.3 Å². The quantitative estimate of drug-likeness (QED) is 0.775. The number of para-hydroxylation sites is 2. The standard InChI is InChI=1S/C15H17F3N2O3/c16-15(17,18)8-19-11-3-1-2-4-12(11)20-13(21)9-5-6-10(7-9)14(22)23/h1-4,9-10,19H,5-8H2,(H,20,21)(H,22,23)/t9-,10+/m0/s1. The van der Waals surface area contributed by atoms with E-state index in [1.165, 1.54) is 12.1 Å². The summed E-state index contributed by atoms with van der Waals surface area (Å²) >= 11 is 0. The Morgan fingerprint density at radius 3 is 2.30 bits per heavy atom. The van der Waals surface area contributed by atoms with Crippen molar-refractivity contribution in [1.29, 1.82) is 0 Å². The Bertz CT molecular complexity index is 590.